The largest absolute Gasteiger partial charge is 0.480 e. The SMILES string of the molecule is C[C@@H](SC12CC3CC(CC(C3)C1)C2)C(=O)O. The van der Waals surface area contributed by atoms with Gasteiger partial charge in [0.1, 0.15) is 0 Å². The van der Waals surface area contributed by atoms with E-state index < -0.39 is 5.97 Å². The topological polar surface area (TPSA) is 37.3 Å². The van der Waals surface area contributed by atoms with Gasteiger partial charge in [-0.25, -0.2) is 0 Å². The van der Waals surface area contributed by atoms with Gasteiger partial charge in [0.25, 0.3) is 0 Å². The summed E-state index contributed by atoms with van der Waals surface area (Å²) in [5, 5.41) is 8.84. The van der Waals surface area contributed by atoms with Crippen molar-refractivity contribution in [2.24, 2.45) is 17.8 Å². The quantitative estimate of drug-likeness (QED) is 0.823. The van der Waals surface area contributed by atoms with Gasteiger partial charge in [0.2, 0.25) is 0 Å². The predicted octanol–water partition coefficient (Wildman–Crippen LogP) is 3.16. The molecule has 1 N–H and O–H groups in total. The van der Waals surface area contributed by atoms with Crippen molar-refractivity contribution < 1.29 is 9.90 Å². The van der Waals surface area contributed by atoms with Crippen LogP contribution in [0.25, 0.3) is 0 Å². The van der Waals surface area contributed by atoms with Crippen molar-refractivity contribution in [1.82, 2.24) is 0 Å². The highest BCUT2D eigenvalue weighted by molar-refractivity contribution is 8.01. The lowest BCUT2D eigenvalue weighted by atomic mass is 9.56. The van der Waals surface area contributed by atoms with Crippen molar-refractivity contribution in [1.29, 1.82) is 0 Å². The molecule has 0 unspecified atom stereocenters. The molecule has 0 spiro atoms. The Hall–Kier alpha value is -0.180. The first-order valence-electron chi connectivity index (χ1n) is 6.47. The number of thioether (sulfide) groups is 1. The molecule has 90 valence electrons. The third-order valence-electron chi connectivity index (χ3n) is 4.76. The fourth-order valence-corrected chi connectivity index (χ4v) is 6.45. The van der Waals surface area contributed by atoms with Crippen molar-refractivity contribution in [3.63, 3.8) is 0 Å². The summed E-state index contributed by atoms with van der Waals surface area (Å²) >= 11 is 1.77. The van der Waals surface area contributed by atoms with Crippen LogP contribution in [0.15, 0.2) is 0 Å². The van der Waals surface area contributed by atoms with Gasteiger partial charge in [-0.1, -0.05) is 0 Å². The van der Waals surface area contributed by atoms with E-state index in [9.17, 15) is 4.79 Å². The molecule has 2 nitrogen and oxygen atoms in total. The molecule has 0 radical (unpaired) electrons. The van der Waals surface area contributed by atoms with E-state index in [0.29, 0.717) is 4.75 Å². The normalized spacial score (nSPS) is 46.9. The van der Waals surface area contributed by atoms with Crippen LogP contribution in [0.3, 0.4) is 0 Å². The average molecular weight is 240 g/mol. The molecule has 3 heteroatoms. The number of rotatable bonds is 3. The van der Waals surface area contributed by atoms with E-state index in [0.717, 1.165) is 17.8 Å². The second-order valence-corrected chi connectivity index (χ2v) is 8.01. The standard InChI is InChI=1S/C13H20O2S/c1-8(12(14)15)16-13-5-9-2-10(6-13)4-11(3-9)7-13/h8-11H,2-7H2,1H3,(H,14,15)/t8-,9?,10?,11?,13?/m1/s1. The Kier molecular flexibility index (Phi) is 2.50. The molecule has 0 saturated heterocycles. The Labute approximate surface area is 101 Å². The summed E-state index contributed by atoms with van der Waals surface area (Å²) in [5.74, 6) is 2.11. The van der Waals surface area contributed by atoms with Crippen LogP contribution in [-0.2, 0) is 4.79 Å². The fraction of sp³-hybridized carbons (Fsp3) is 0.923. The van der Waals surface area contributed by atoms with Gasteiger partial charge >= 0.3 is 5.97 Å². The number of hydrogen-bond acceptors (Lipinski definition) is 2. The van der Waals surface area contributed by atoms with Crippen LogP contribution < -0.4 is 0 Å². The summed E-state index contributed by atoms with van der Waals surface area (Å²) in [4.78, 5) is 11.0. The summed E-state index contributed by atoms with van der Waals surface area (Å²) in [5.41, 5.74) is 0. The molecule has 0 heterocycles. The van der Waals surface area contributed by atoms with E-state index in [4.69, 9.17) is 5.11 Å². The van der Waals surface area contributed by atoms with Gasteiger partial charge in [-0.3, -0.25) is 4.79 Å². The average Bonchev–Trinajstić information content (AvgIpc) is 2.13. The highest BCUT2D eigenvalue weighted by Crippen LogP contribution is 2.61. The molecule has 0 aromatic rings. The Balaban J connectivity index is 1.76. The molecule has 4 rings (SSSR count). The zero-order valence-corrected chi connectivity index (χ0v) is 10.6. The molecule has 4 fully saturated rings. The molecule has 4 aliphatic carbocycles. The number of carboxylic acids is 1. The highest BCUT2D eigenvalue weighted by atomic mass is 32.2. The summed E-state index contributed by atoms with van der Waals surface area (Å²) in [6.07, 6.45) is 8.17. The van der Waals surface area contributed by atoms with Crippen LogP contribution >= 0.6 is 11.8 Å². The molecule has 0 aliphatic heterocycles. The zero-order chi connectivity index (χ0) is 11.3. The number of hydrogen-bond donors (Lipinski definition) is 1. The van der Waals surface area contributed by atoms with E-state index in [-0.39, 0.29) is 5.25 Å². The molecule has 4 saturated carbocycles. The number of aliphatic carboxylic acids is 1. The van der Waals surface area contributed by atoms with E-state index in [1.54, 1.807) is 11.8 Å². The molecule has 0 aromatic heterocycles. The molecular weight excluding hydrogens is 220 g/mol. The van der Waals surface area contributed by atoms with E-state index in [1.165, 1.54) is 38.5 Å². The van der Waals surface area contributed by atoms with Crippen molar-refractivity contribution in [2.45, 2.75) is 55.4 Å². The second kappa shape index (κ2) is 3.66. The summed E-state index contributed by atoms with van der Waals surface area (Å²) in [6, 6.07) is 0. The summed E-state index contributed by atoms with van der Waals surface area (Å²) in [7, 11) is 0. The first-order valence-corrected chi connectivity index (χ1v) is 7.35. The van der Waals surface area contributed by atoms with Gasteiger partial charge in [-0.05, 0) is 63.2 Å². The maximum atomic E-state index is 11.0. The summed E-state index contributed by atoms with van der Waals surface area (Å²) in [6.45, 7) is 1.85. The van der Waals surface area contributed by atoms with Crippen molar-refractivity contribution >= 4 is 17.7 Å². The van der Waals surface area contributed by atoms with Gasteiger partial charge in [-0.15, -0.1) is 11.8 Å². The van der Waals surface area contributed by atoms with Crippen LogP contribution in [0.5, 0.6) is 0 Å². The molecule has 4 aliphatic rings. The van der Waals surface area contributed by atoms with E-state index in [2.05, 4.69) is 0 Å². The zero-order valence-electron chi connectivity index (χ0n) is 9.82. The van der Waals surface area contributed by atoms with Crippen LogP contribution in [0, 0.1) is 17.8 Å². The maximum absolute atomic E-state index is 11.0. The number of carbonyl (C=O) groups is 1. The minimum absolute atomic E-state index is 0.226. The monoisotopic (exact) mass is 240 g/mol. The highest BCUT2D eigenvalue weighted by Gasteiger charge is 2.52. The van der Waals surface area contributed by atoms with Crippen LogP contribution in [0.1, 0.15) is 45.4 Å². The molecule has 16 heavy (non-hydrogen) atoms. The first-order chi connectivity index (χ1) is 7.56. The lowest BCUT2D eigenvalue weighted by Gasteiger charge is -2.56. The molecule has 0 aromatic carbocycles. The molecular formula is C13H20O2S. The van der Waals surface area contributed by atoms with Gasteiger partial charge in [0.05, 0.1) is 5.25 Å². The Morgan fingerprint density at radius 3 is 2.00 bits per heavy atom. The minimum atomic E-state index is -0.638. The third kappa shape index (κ3) is 1.77. The van der Waals surface area contributed by atoms with Crippen molar-refractivity contribution in [2.75, 3.05) is 0 Å². The smallest absolute Gasteiger partial charge is 0.316 e. The van der Waals surface area contributed by atoms with Crippen molar-refractivity contribution in [3.05, 3.63) is 0 Å². The third-order valence-corrected chi connectivity index (χ3v) is 6.31. The predicted molar refractivity (Wildman–Crippen MR) is 65.6 cm³/mol. The van der Waals surface area contributed by atoms with E-state index >= 15 is 0 Å². The maximum Gasteiger partial charge on any atom is 0.316 e. The summed E-state index contributed by atoms with van der Waals surface area (Å²) < 4.78 is 0.340. The van der Waals surface area contributed by atoms with Crippen LogP contribution in [-0.4, -0.2) is 21.1 Å². The van der Waals surface area contributed by atoms with Crippen LogP contribution in [0.2, 0.25) is 0 Å². The van der Waals surface area contributed by atoms with Crippen LogP contribution in [0.4, 0.5) is 0 Å². The fourth-order valence-electron chi connectivity index (χ4n) is 4.60. The van der Waals surface area contributed by atoms with Gasteiger partial charge < -0.3 is 5.11 Å². The van der Waals surface area contributed by atoms with E-state index in [1.807, 2.05) is 6.92 Å². The minimum Gasteiger partial charge on any atom is -0.480 e. The number of carboxylic acid groups (broad SMARTS) is 1. The van der Waals surface area contributed by atoms with Gasteiger partial charge in [0.15, 0.2) is 0 Å². The van der Waals surface area contributed by atoms with Gasteiger partial charge in [0, 0.05) is 4.75 Å². The molecule has 1 atom stereocenters. The second-order valence-electron chi connectivity index (χ2n) is 6.20. The first kappa shape index (κ1) is 10.9. The Morgan fingerprint density at radius 1 is 1.19 bits per heavy atom. The Bertz CT molecular complexity index is 278. The lowest BCUT2D eigenvalue weighted by molar-refractivity contribution is -0.136. The van der Waals surface area contributed by atoms with Crippen molar-refractivity contribution in [3.8, 4) is 0 Å². The molecule has 4 bridgehead atoms. The lowest BCUT2D eigenvalue weighted by Crippen LogP contribution is -2.49. The Morgan fingerprint density at radius 2 is 1.62 bits per heavy atom. The van der Waals surface area contributed by atoms with Gasteiger partial charge in [-0.2, -0.15) is 0 Å². The molecule has 0 amide bonds.